The van der Waals surface area contributed by atoms with Crippen molar-refractivity contribution in [3.05, 3.63) is 59.2 Å². The van der Waals surface area contributed by atoms with Gasteiger partial charge in [0.25, 0.3) is 0 Å². The van der Waals surface area contributed by atoms with Crippen LogP contribution in [0.15, 0.2) is 36.4 Å². The molecule has 1 aromatic carbocycles. The summed E-state index contributed by atoms with van der Waals surface area (Å²) in [4.78, 5) is 6.70. The first-order valence-electron chi connectivity index (χ1n) is 6.76. The van der Waals surface area contributed by atoms with Crippen LogP contribution in [-0.4, -0.2) is 16.4 Å². The summed E-state index contributed by atoms with van der Waals surface area (Å²) in [5, 5.41) is 0. The minimum absolute atomic E-state index is 0.287. The van der Waals surface area contributed by atoms with E-state index in [-0.39, 0.29) is 5.82 Å². The molecular formula is C16H20FN3. The Hall–Kier alpha value is -1.94. The fraction of sp³-hybridized carbons (Fsp3) is 0.312. The summed E-state index contributed by atoms with van der Waals surface area (Å²) in [5.41, 5.74) is 9.06. The molecule has 2 rings (SSSR count). The Balaban J connectivity index is 2.09. The highest BCUT2D eigenvalue weighted by atomic mass is 19.1. The van der Waals surface area contributed by atoms with E-state index in [4.69, 9.17) is 5.73 Å². The van der Waals surface area contributed by atoms with E-state index >= 15 is 0 Å². The van der Waals surface area contributed by atoms with Gasteiger partial charge in [-0.3, -0.25) is 9.88 Å². The molecule has 4 heteroatoms. The molecular weight excluding hydrogens is 253 g/mol. The number of nitrogens with zero attached hydrogens (tertiary/aromatic N) is 2. The molecule has 2 N–H and O–H groups in total. The van der Waals surface area contributed by atoms with E-state index in [1.54, 1.807) is 0 Å². The topological polar surface area (TPSA) is 42.1 Å². The molecule has 20 heavy (non-hydrogen) atoms. The van der Waals surface area contributed by atoms with Crippen LogP contribution in [0.5, 0.6) is 0 Å². The van der Waals surface area contributed by atoms with Gasteiger partial charge in [0.05, 0.1) is 5.69 Å². The first-order chi connectivity index (χ1) is 9.56. The predicted molar refractivity (Wildman–Crippen MR) is 79.6 cm³/mol. The molecule has 1 aromatic heterocycles. The molecule has 1 heterocycles. The maximum absolute atomic E-state index is 13.4. The summed E-state index contributed by atoms with van der Waals surface area (Å²) in [6.07, 6.45) is 0. The van der Waals surface area contributed by atoms with E-state index in [0.29, 0.717) is 12.2 Å². The second-order valence-electron chi connectivity index (χ2n) is 4.97. The summed E-state index contributed by atoms with van der Waals surface area (Å²) >= 11 is 0. The standard InChI is InChI=1S/C16H20FN3/c1-3-20(11-16-6-4-5-12(2)19-16)10-13-7-14(17)9-15(18)8-13/h4-9H,3,10-11,18H2,1-2H3. The van der Waals surface area contributed by atoms with E-state index in [1.165, 1.54) is 12.1 Å². The van der Waals surface area contributed by atoms with Crippen molar-refractivity contribution in [2.24, 2.45) is 0 Å². The molecule has 0 saturated heterocycles. The molecule has 0 aliphatic heterocycles. The summed E-state index contributed by atoms with van der Waals surface area (Å²) in [5.74, 6) is -0.287. The van der Waals surface area contributed by atoms with Gasteiger partial charge in [0.15, 0.2) is 0 Å². The van der Waals surface area contributed by atoms with Crippen molar-refractivity contribution in [1.82, 2.24) is 9.88 Å². The second kappa shape index (κ2) is 6.48. The van der Waals surface area contributed by atoms with Crippen LogP contribution in [0, 0.1) is 12.7 Å². The third kappa shape index (κ3) is 4.03. The summed E-state index contributed by atoms with van der Waals surface area (Å²) in [6, 6.07) is 10.7. The van der Waals surface area contributed by atoms with Gasteiger partial charge in [-0.15, -0.1) is 0 Å². The van der Waals surface area contributed by atoms with E-state index in [9.17, 15) is 4.39 Å². The van der Waals surface area contributed by atoms with Crippen LogP contribution in [0.2, 0.25) is 0 Å². The monoisotopic (exact) mass is 273 g/mol. The Morgan fingerprint density at radius 1 is 1.20 bits per heavy atom. The number of nitrogen functional groups attached to an aromatic ring is 1. The number of nitrogens with two attached hydrogens (primary N) is 1. The van der Waals surface area contributed by atoms with Gasteiger partial charge < -0.3 is 5.73 Å². The van der Waals surface area contributed by atoms with Crippen molar-refractivity contribution >= 4 is 5.69 Å². The smallest absolute Gasteiger partial charge is 0.125 e. The lowest BCUT2D eigenvalue weighted by atomic mass is 10.1. The number of pyridine rings is 1. The SMILES string of the molecule is CCN(Cc1cc(N)cc(F)c1)Cc1cccc(C)n1. The van der Waals surface area contributed by atoms with Crippen molar-refractivity contribution in [1.29, 1.82) is 0 Å². The van der Waals surface area contributed by atoms with E-state index in [0.717, 1.165) is 30.0 Å². The van der Waals surface area contributed by atoms with Gasteiger partial charge in [0.2, 0.25) is 0 Å². The number of rotatable bonds is 5. The molecule has 0 unspecified atom stereocenters. The maximum atomic E-state index is 13.4. The second-order valence-corrected chi connectivity index (χ2v) is 4.97. The summed E-state index contributed by atoms with van der Waals surface area (Å²) < 4.78 is 13.4. The molecule has 3 nitrogen and oxygen atoms in total. The molecule has 0 bridgehead atoms. The van der Waals surface area contributed by atoms with E-state index in [1.807, 2.05) is 31.2 Å². The van der Waals surface area contributed by atoms with Crippen molar-refractivity contribution in [2.45, 2.75) is 26.9 Å². The number of anilines is 1. The fourth-order valence-electron chi connectivity index (χ4n) is 2.22. The molecule has 0 spiro atoms. The zero-order valence-corrected chi connectivity index (χ0v) is 11.9. The van der Waals surface area contributed by atoms with Gasteiger partial charge >= 0.3 is 0 Å². The lowest BCUT2D eigenvalue weighted by molar-refractivity contribution is 0.267. The molecule has 0 amide bonds. The Morgan fingerprint density at radius 2 is 2.00 bits per heavy atom. The third-order valence-electron chi connectivity index (χ3n) is 3.16. The number of hydrogen-bond acceptors (Lipinski definition) is 3. The van der Waals surface area contributed by atoms with Gasteiger partial charge in [0, 0.05) is 24.5 Å². The normalized spacial score (nSPS) is 11.0. The molecule has 0 fully saturated rings. The number of benzene rings is 1. The average Bonchev–Trinajstić information content (AvgIpc) is 2.36. The minimum Gasteiger partial charge on any atom is -0.399 e. The van der Waals surface area contributed by atoms with Crippen LogP contribution in [0.1, 0.15) is 23.9 Å². The first-order valence-corrected chi connectivity index (χ1v) is 6.76. The van der Waals surface area contributed by atoms with Crippen LogP contribution < -0.4 is 5.73 Å². The van der Waals surface area contributed by atoms with Crippen molar-refractivity contribution in [3.8, 4) is 0 Å². The molecule has 0 atom stereocenters. The Bertz CT molecular complexity index is 563. The third-order valence-corrected chi connectivity index (χ3v) is 3.16. The fourth-order valence-corrected chi connectivity index (χ4v) is 2.22. The van der Waals surface area contributed by atoms with E-state index < -0.39 is 0 Å². The largest absolute Gasteiger partial charge is 0.399 e. The predicted octanol–water partition coefficient (Wildman–Crippen LogP) is 3.13. The van der Waals surface area contributed by atoms with Crippen molar-refractivity contribution < 1.29 is 4.39 Å². The summed E-state index contributed by atoms with van der Waals surface area (Å²) in [6.45, 7) is 6.33. The lowest BCUT2D eigenvalue weighted by Crippen LogP contribution is -2.23. The zero-order valence-electron chi connectivity index (χ0n) is 11.9. The number of halogens is 1. The van der Waals surface area contributed by atoms with Gasteiger partial charge in [-0.25, -0.2) is 4.39 Å². The average molecular weight is 273 g/mol. The highest BCUT2D eigenvalue weighted by Gasteiger charge is 2.07. The lowest BCUT2D eigenvalue weighted by Gasteiger charge is -2.20. The molecule has 0 saturated carbocycles. The number of aromatic nitrogens is 1. The molecule has 0 radical (unpaired) electrons. The Labute approximate surface area is 119 Å². The highest BCUT2D eigenvalue weighted by Crippen LogP contribution is 2.14. The van der Waals surface area contributed by atoms with Gasteiger partial charge in [0.1, 0.15) is 5.82 Å². The van der Waals surface area contributed by atoms with E-state index in [2.05, 4.69) is 16.8 Å². The molecule has 106 valence electrons. The van der Waals surface area contributed by atoms with Gasteiger partial charge in [-0.2, -0.15) is 0 Å². The molecule has 0 aliphatic carbocycles. The first kappa shape index (κ1) is 14.5. The van der Waals surface area contributed by atoms with Crippen molar-refractivity contribution in [2.75, 3.05) is 12.3 Å². The Morgan fingerprint density at radius 3 is 2.65 bits per heavy atom. The van der Waals surface area contributed by atoms with Crippen LogP contribution >= 0.6 is 0 Å². The van der Waals surface area contributed by atoms with Crippen LogP contribution in [-0.2, 0) is 13.1 Å². The number of hydrogen-bond donors (Lipinski definition) is 1. The van der Waals surface area contributed by atoms with Crippen LogP contribution in [0.3, 0.4) is 0 Å². The highest BCUT2D eigenvalue weighted by molar-refractivity contribution is 5.41. The minimum atomic E-state index is -0.287. The van der Waals surface area contributed by atoms with Gasteiger partial charge in [-0.1, -0.05) is 13.0 Å². The van der Waals surface area contributed by atoms with Gasteiger partial charge in [-0.05, 0) is 49.4 Å². The maximum Gasteiger partial charge on any atom is 0.125 e. The Kier molecular flexibility index (Phi) is 4.69. The summed E-state index contributed by atoms with van der Waals surface area (Å²) in [7, 11) is 0. The zero-order chi connectivity index (χ0) is 14.5. The molecule has 0 aliphatic rings. The quantitative estimate of drug-likeness (QED) is 0.851. The van der Waals surface area contributed by atoms with Crippen LogP contribution in [0.4, 0.5) is 10.1 Å². The van der Waals surface area contributed by atoms with Crippen molar-refractivity contribution in [3.63, 3.8) is 0 Å². The van der Waals surface area contributed by atoms with Crippen LogP contribution in [0.25, 0.3) is 0 Å². The number of aryl methyl sites for hydroxylation is 1. The molecule has 2 aromatic rings.